The van der Waals surface area contributed by atoms with Crippen molar-refractivity contribution in [3.63, 3.8) is 0 Å². The number of phosphoric ester groups is 1. The summed E-state index contributed by atoms with van der Waals surface area (Å²) in [6, 6.07) is 3.63. The second-order valence-corrected chi connectivity index (χ2v) is 15.5. The fourth-order valence-corrected chi connectivity index (χ4v) is 6.14. The molecule has 0 radical (unpaired) electrons. The van der Waals surface area contributed by atoms with E-state index in [1.807, 2.05) is 20.8 Å². The van der Waals surface area contributed by atoms with Gasteiger partial charge in [0.2, 0.25) is 12.8 Å². The van der Waals surface area contributed by atoms with Crippen LogP contribution in [-0.4, -0.2) is 67.1 Å². The maximum atomic E-state index is 14.5. The maximum absolute atomic E-state index is 14.5. The zero-order valence-corrected chi connectivity index (χ0v) is 29.3. The summed E-state index contributed by atoms with van der Waals surface area (Å²) in [6.45, 7) is 8.34. The number of nitrogens with one attached hydrogen (secondary N) is 1. The molecule has 1 aromatic carbocycles. The highest BCUT2D eigenvalue weighted by atomic mass is 35.5. The molecule has 14 nitrogen and oxygen atoms in total. The molecule has 0 saturated heterocycles. The number of aromatic nitrogens is 4. The second-order valence-electron chi connectivity index (χ2n) is 13.8. The number of rotatable bonds is 11. The van der Waals surface area contributed by atoms with Crippen LogP contribution in [0, 0.1) is 22.7 Å². The van der Waals surface area contributed by atoms with E-state index in [9.17, 15) is 37.6 Å². The number of hydrogen-bond donors (Lipinski definition) is 3. The number of hydrogen-bond acceptors (Lipinski definition) is 10. The standard InChI is InChI=1S/C31H35ClF3N8O6P/c1-29(2,3)15-38-24-17(12-36)13-37-25-19(24)10-18(11-21(25)32)43(28(44)48-16-49-50(45,46)47)26(20-6-7-23(33)39-30(20,4)5)22-14-42(41-40-22)31(8-9-31)27(34)35/h6-7,10-11,13-14,20,26-27H,8-9,15-16H2,1-5H3,(H,37,38)(H2,45,46,47)/t20?,26-/m0/s1. The molecule has 0 spiro atoms. The molecule has 2 aliphatic rings. The van der Waals surface area contributed by atoms with Crippen LogP contribution in [0.15, 0.2) is 41.7 Å². The van der Waals surface area contributed by atoms with Gasteiger partial charge in [0.1, 0.15) is 17.3 Å². The summed E-state index contributed by atoms with van der Waals surface area (Å²) in [6.07, 6.45) is 1.39. The van der Waals surface area contributed by atoms with Crippen LogP contribution in [0.5, 0.6) is 0 Å². The lowest BCUT2D eigenvalue weighted by atomic mass is 9.78. The van der Waals surface area contributed by atoms with Crippen LogP contribution in [0.4, 0.5) is 29.3 Å². The number of nitrogens with zero attached hydrogens (tertiary/aromatic N) is 7. The molecule has 1 saturated carbocycles. The van der Waals surface area contributed by atoms with Gasteiger partial charge in [-0.25, -0.2) is 27.3 Å². The number of amides is 1. The van der Waals surface area contributed by atoms with Gasteiger partial charge in [0, 0.05) is 24.0 Å². The number of aliphatic imine (C=N–C) groups is 1. The van der Waals surface area contributed by atoms with E-state index in [1.165, 1.54) is 30.6 Å². The average Bonchev–Trinajstić information content (AvgIpc) is 3.67. The summed E-state index contributed by atoms with van der Waals surface area (Å²) in [5.41, 5.74) is -2.34. The quantitative estimate of drug-likeness (QED) is 0.141. The summed E-state index contributed by atoms with van der Waals surface area (Å²) in [4.78, 5) is 42.1. The first kappa shape index (κ1) is 37.2. The van der Waals surface area contributed by atoms with Crippen molar-refractivity contribution in [3.8, 4) is 6.07 Å². The molecule has 1 amide bonds. The Hall–Kier alpha value is -4.07. The van der Waals surface area contributed by atoms with Gasteiger partial charge >= 0.3 is 13.9 Å². The molecule has 1 unspecified atom stereocenters. The highest BCUT2D eigenvalue weighted by Crippen LogP contribution is 2.49. The van der Waals surface area contributed by atoms with Crippen molar-refractivity contribution >= 4 is 53.8 Å². The molecule has 2 atom stereocenters. The third-order valence-electron chi connectivity index (χ3n) is 8.41. The molecular formula is C31H35ClF3N8O6P. The van der Waals surface area contributed by atoms with Gasteiger partial charge in [-0.05, 0) is 50.3 Å². The Kier molecular flexibility index (Phi) is 10.1. The molecule has 3 N–H and O–H groups in total. The Morgan fingerprint density at radius 3 is 2.58 bits per heavy atom. The molecule has 1 aliphatic heterocycles. The summed E-state index contributed by atoms with van der Waals surface area (Å²) < 4.78 is 64.8. The topological polar surface area (TPSA) is 188 Å². The third-order valence-corrected chi connectivity index (χ3v) is 9.14. The Morgan fingerprint density at radius 2 is 2.00 bits per heavy atom. The highest BCUT2D eigenvalue weighted by Gasteiger charge is 2.55. The number of pyridine rings is 1. The monoisotopic (exact) mass is 738 g/mol. The number of carbonyl (C=O) groups is 1. The number of alkyl halides is 2. The summed E-state index contributed by atoms with van der Waals surface area (Å²) in [7, 11) is -5.09. The maximum Gasteiger partial charge on any atom is 0.472 e. The zero-order valence-electron chi connectivity index (χ0n) is 27.6. The smallest absolute Gasteiger partial charge is 0.421 e. The lowest BCUT2D eigenvalue weighted by Gasteiger charge is -2.41. The minimum absolute atomic E-state index is 0.00754. The van der Waals surface area contributed by atoms with Gasteiger partial charge in [-0.1, -0.05) is 43.7 Å². The number of nitriles is 1. The van der Waals surface area contributed by atoms with Gasteiger partial charge in [-0.3, -0.25) is 14.9 Å². The number of anilines is 2. The van der Waals surface area contributed by atoms with Gasteiger partial charge in [-0.15, -0.1) is 5.10 Å². The highest BCUT2D eigenvalue weighted by molar-refractivity contribution is 7.46. The summed E-state index contributed by atoms with van der Waals surface area (Å²) in [5, 5.41) is 21.8. The number of ether oxygens (including phenoxy) is 1. The fraction of sp³-hybridized carbons (Fsp3) is 0.484. The van der Waals surface area contributed by atoms with Gasteiger partial charge in [0.05, 0.1) is 45.3 Å². The molecule has 1 aliphatic carbocycles. The van der Waals surface area contributed by atoms with Crippen molar-refractivity contribution in [2.45, 2.75) is 71.0 Å². The molecule has 50 heavy (non-hydrogen) atoms. The number of benzene rings is 1. The largest absolute Gasteiger partial charge is 0.472 e. The molecule has 5 rings (SSSR count). The number of halogens is 4. The van der Waals surface area contributed by atoms with Gasteiger partial charge in [-0.2, -0.15) is 9.65 Å². The second kappa shape index (κ2) is 13.6. The van der Waals surface area contributed by atoms with E-state index in [0.717, 1.165) is 15.7 Å². The van der Waals surface area contributed by atoms with Crippen LogP contribution >= 0.6 is 19.4 Å². The van der Waals surface area contributed by atoms with Gasteiger partial charge in [0.25, 0.3) is 6.43 Å². The summed E-state index contributed by atoms with van der Waals surface area (Å²) in [5.74, 6) is -1.73. The fourth-order valence-electron chi connectivity index (χ4n) is 5.69. The number of fused-ring (bicyclic) bond motifs is 1. The molecule has 3 aromatic rings. The van der Waals surface area contributed by atoms with E-state index < -0.39 is 56.1 Å². The van der Waals surface area contributed by atoms with Crippen LogP contribution in [-0.2, 0) is 19.4 Å². The van der Waals surface area contributed by atoms with E-state index in [0.29, 0.717) is 17.6 Å². The minimum atomic E-state index is -5.09. The van der Waals surface area contributed by atoms with Crippen molar-refractivity contribution < 1.29 is 41.6 Å². The van der Waals surface area contributed by atoms with Crippen molar-refractivity contribution in [1.82, 2.24) is 20.0 Å². The molecule has 2 aromatic heterocycles. The van der Waals surface area contributed by atoms with Crippen molar-refractivity contribution in [3.05, 3.63) is 53.0 Å². The first-order valence-electron chi connectivity index (χ1n) is 15.3. The van der Waals surface area contributed by atoms with E-state index in [4.69, 9.17) is 16.3 Å². The predicted octanol–water partition coefficient (Wildman–Crippen LogP) is 6.65. The Balaban J connectivity index is 1.75. The number of phosphoric acid groups is 1. The lowest BCUT2D eigenvalue weighted by Crippen LogP contribution is -2.46. The molecule has 19 heteroatoms. The van der Waals surface area contributed by atoms with E-state index in [2.05, 4.69) is 36.2 Å². The SMILES string of the molecule is CC(C)(C)CNc1c(C#N)cnc2c(Cl)cc(N(C(=O)OCOP(=O)(O)O)[C@H](c3cn(C4(C(F)F)CC4)nn3)C3C=CC(F)=NC3(C)C)cc12. The lowest BCUT2D eigenvalue weighted by molar-refractivity contribution is 0.0414. The molecule has 0 bridgehead atoms. The van der Waals surface area contributed by atoms with Crippen molar-refractivity contribution in [2.75, 3.05) is 23.6 Å². The molecule has 1 fully saturated rings. The first-order chi connectivity index (χ1) is 23.3. The van der Waals surface area contributed by atoms with Crippen molar-refractivity contribution in [1.29, 1.82) is 5.26 Å². The number of carbonyl (C=O) groups excluding carboxylic acids is 1. The molecule has 3 heterocycles. The Bertz CT molecular complexity index is 1950. The molecule has 268 valence electrons. The first-order valence-corrected chi connectivity index (χ1v) is 17.2. The average molecular weight is 739 g/mol. The van der Waals surface area contributed by atoms with Crippen LogP contribution in [0.1, 0.15) is 64.8 Å². The van der Waals surface area contributed by atoms with E-state index >= 15 is 0 Å². The summed E-state index contributed by atoms with van der Waals surface area (Å²) >= 11 is 6.77. The Labute approximate surface area is 290 Å². The van der Waals surface area contributed by atoms with Gasteiger partial charge < -0.3 is 19.8 Å². The zero-order chi connectivity index (χ0) is 36.8. The van der Waals surface area contributed by atoms with E-state index in [-0.39, 0.29) is 45.7 Å². The van der Waals surface area contributed by atoms with Crippen LogP contribution < -0.4 is 10.2 Å². The minimum Gasteiger partial charge on any atom is -0.421 e. The normalized spacial score (nSPS) is 18.8. The van der Waals surface area contributed by atoms with E-state index in [1.54, 1.807) is 13.8 Å². The third kappa shape index (κ3) is 7.79. The predicted molar refractivity (Wildman–Crippen MR) is 178 cm³/mol. The number of allylic oxidation sites excluding steroid dienone is 1. The van der Waals surface area contributed by atoms with Crippen LogP contribution in [0.25, 0.3) is 10.9 Å². The van der Waals surface area contributed by atoms with Crippen LogP contribution in [0.3, 0.4) is 0 Å². The molecular weight excluding hydrogens is 704 g/mol. The van der Waals surface area contributed by atoms with Gasteiger partial charge in [0.15, 0.2) is 0 Å². The van der Waals surface area contributed by atoms with Crippen LogP contribution in [0.2, 0.25) is 5.02 Å². The Morgan fingerprint density at radius 1 is 1.30 bits per heavy atom. The number of dihydropyridines is 1. The van der Waals surface area contributed by atoms with Crippen molar-refractivity contribution in [2.24, 2.45) is 16.3 Å².